The third kappa shape index (κ3) is 2.11. The Morgan fingerprint density at radius 1 is 1.21 bits per heavy atom. The molecule has 120 valence electrons. The summed E-state index contributed by atoms with van der Waals surface area (Å²) < 4.78 is 14.8. The van der Waals surface area contributed by atoms with Crippen LogP contribution >= 0.6 is 11.3 Å². The van der Waals surface area contributed by atoms with Gasteiger partial charge in [-0.25, -0.2) is 4.39 Å². The van der Waals surface area contributed by atoms with Gasteiger partial charge in [0.15, 0.2) is 5.82 Å². The minimum absolute atomic E-state index is 0.0987. The van der Waals surface area contributed by atoms with Crippen LogP contribution < -0.4 is 11.3 Å². The Morgan fingerprint density at radius 2 is 1.96 bits per heavy atom. The molecule has 0 aliphatic rings. The number of thiophene rings is 1. The number of aromatic hydroxyl groups is 1. The fourth-order valence-corrected chi connectivity index (χ4v) is 3.78. The number of benzene rings is 2. The highest BCUT2D eigenvalue weighted by Crippen LogP contribution is 2.40. The minimum atomic E-state index is -0.657. The first-order valence-electron chi connectivity index (χ1n) is 7.34. The molecule has 0 saturated carbocycles. The molecule has 2 aromatic carbocycles. The summed E-state index contributed by atoms with van der Waals surface area (Å²) >= 11 is 1.29. The number of aromatic amines is 1. The normalized spacial score (nSPS) is 11.4. The lowest BCUT2D eigenvalue weighted by Gasteiger charge is -2.12. The first-order chi connectivity index (χ1) is 11.6. The predicted octanol–water partition coefficient (Wildman–Crippen LogP) is 3.71. The van der Waals surface area contributed by atoms with Crippen LogP contribution in [0.2, 0.25) is 0 Å². The number of phenolic OH excluding ortho intramolecular Hbond substituents is 1. The molecule has 24 heavy (non-hydrogen) atoms. The van der Waals surface area contributed by atoms with Crippen molar-refractivity contribution in [3.63, 3.8) is 0 Å². The van der Waals surface area contributed by atoms with Crippen molar-refractivity contribution in [2.45, 2.75) is 6.54 Å². The number of hydrogen-bond donors (Lipinski definition) is 3. The summed E-state index contributed by atoms with van der Waals surface area (Å²) in [5.74, 6) is -0.824. The van der Waals surface area contributed by atoms with E-state index in [0.29, 0.717) is 27.6 Å². The predicted molar refractivity (Wildman–Crippen MR) is 94.9 cm³/mol. The van der Waals surface area contributed by atoms with Crippen LogP contribution in [0.4, 0.5) is 4.39 Å². The molecule has 0 aliphatic carbocycles. The van der Waals surface area contributed by atoms with Gasteiger partial charge in [0, 0.05) is 28.9 Å². The third-order valence-corrected chi connectivity index (χ3v) is 5.03. The van der Waals surface area contributed by atoms with Crippen molar-refractivity contribution in [1.29, 1.82) is 0 Å². The molecule has 4 rings (SSSR count). The van der Waals surface area contributed by atoms with Crippen LogP contribution in [0.1, 0.15) is 5.56 Å². The average Bonchev–Trinajstić information content (AvgIpc) is 3.07. The standard InChI is InChI=1S/C18H13FN2O2S/c19-12-7-13(22)14(10-3-1-9(8-20)2-4-10)15-11-5-6-24-17(11)18(23)21-16(12)15/h1-7,22H,8,20H2,(H,21,23). The van der Waals surface area contributed by atoms with Crippen molar-refractivity contribution < 1.29 is 9.50 Å². The SMILES string of the molecule is NCc1ccc(-c2c(O)cc(F)c3[nH]c(=O)c4sccc4c23)cc1. The van der Waals surface area contributed by atoms with Gasteiger partial charge in [-0.2, -0.15) is 0 Å². The second-order valence-corrected chi connectivity index (χ2v) is 6.44. The molecule has 4 aromatic rings. The van der Waals surface area contributed by atoms with Gasteiger partial charge in [-0.3, -0.25) is 4.79 Å². The summed E-state index contributed by atoms with van der Waals surface area (Å²) in [6.07, 6.45) is 0. The molecule has 0 radical (unpaired) electrons. The van der Waals surface area contributed by atoms with Crippen LogP contribution in [-0.4, -0.2) is 10.1 Å². The number of hydrogen-bond acceptors (Lipinski definition) is 4. The zero-order valence-corrected chi connectivity index (χ0v) is 13.3. The maximum Gasteiger partial charge on any atom is 0.266 e. The number of pyridine rings is 1. The zero-order chi connectivity index (χ0) is 16.8. The highest BCUT2D eigenvalue weighted by molar-refractivity contribution is 7.17. The lowest BCUT2D eigenvalue weighted by molar-refractivity contribution is 0.472. The van der Waals surface area contributed by atoms with Crippen LogP contribution in [0.3, 0.4) is 0 Å². The van der Waals surface area contributed by atoms with E-state index in [1.54, 1.807) is 11.4 Å². The van der Waals surface area contributed by atoms with E-state index in [-0.39, 0.29) is 16.8 Å². The molecule has 6 heteroatoms. The van der Waals surface area contributed by atoms with Gasteiger partial charge in [0.2, 0.25) is 0 Å². The van der Waals surface area contributed by atoms with E-state index in [4.69, 9.17) is 5.73 Å². The topological polar surface area (TPSA) is 79.1 Å². The van der Waals surface area contributed by atoms with Crippen molar-refractivity contribution >= 4 is 32.3 Å². The minimum Gasteiger partial charge on any atom is -0.507 e. The molecule has 0 bridgehead atoms. The molecule has 2 aromatic heterocycles. The van der Waals surface area contributed by atoms with Gasteiger partial charge < -0.3 is 15.8 Å². The number of nitrogens with two attached hydrogens (primary N) is 1. The number of aromatic nitrogens is 1. The number of fused-ring (bicyclic) bond motifs is 3. The molecule has 0 amide bonds. The molecule has 0 aliphatic heterocycles. The Morgan fingerprint density at radius 3 is 2.67 bits per heavy atom. The van der Waals surface area contributed by atoms with Crippen molar-refractivity contribution in [2.24, 2.45) is 5.73 Å². The van der Waals surface area contributed by atoms with E-state index in [0.717, 1.165) is 17.2 Å². The van der Waals surface area contributed by atoms with Gasteiger partial charge in [-0.15, -0.1) is 11.3 Å². The summed E-state index contributed by atoms with van der Waals surface area (Å²) in [5, 5.41) is 13.3. The number of phenols is 1. The molecule has 0 fully saturated rings. The van der Waals surface area contributed by atoms with E-state index in [2.05, 4.69) is 4.98 Å². The van der Waals surface area contributed by atoms with Gasteiger partial charge in [0.25, 0.3) is 5.56 Å². The Kier molecular flexibility index (Phi) is 3.37. The van der Waals surface area contributed by atoms with Crippen LogP contribution in [0.25, 0.3) is 32.1 Å². The smallest absolute Gasteiger partial charge is 0.266 e. The fourth-order valence-electron chi connectivity index (χ4n) is 2.98. The summed E-state index contributed by atoms with van der Waals surface area (Å²) in [6.45, 7) is 0.415. The summed E-state index contributed by atoms with van der Waals surface area (Å²) in [5.41, 5.74) is 7.57. The summed E-state index contributed by atoms with van der Waals surface area (Å²) in [4.78, 5) is 14.7. The van der Waals surface area contributed by atoms with E-state index >= 15 is 0 Å². The number of nitrogens with one attached hydrogen (secondary N) is 1. The van der Waals surface area contributed by atoms with Gasteiger partial charge in [-0.1, -0.05) is 24.3 Å². The Hall–Kier alpha value is -2.70. The fraction of sp³-hybridized carbons (Fsp3) is 0.0556. The van der Waals surface area contributed by atoms with E-state index < -0.39 is 5.82 Å². The van der Waals surface area contributed by atoms with Crippen molar-refractivity contribution in [2.75, 3.05) is 0 Å². The molecule has 2 heterocycles. The van der Waals surface area contributed by atoms with Gasteiger partial charge in [0.05, 0.1) is 5.52 Å². The maximum atomic E-state index is 14.3. The second kappa shape index (κ2) is 5.43. The molecular formula is C18H13FN2O2S. The van der Waals surface area contributed by atoms with Crippen LogP contribution in [-0.2, 0) is 6.54 Å². The second-order valence-electron chi connectivity index (χ2n) is 5.52. The Balaban J connectivity index is 2.18. The van der Waals surface area contributed by atoms with Gasteiger partial charge in [0.1, 0.15) is 10.4 Å². The van der Waals surface area contributed by atoms with E-state index in [1.165, 1.54) is 11.3 Å². The highest BCUT2D eigenvalue weighted by Gasteiger charge is 2.18. The van der Waals surface area contributed by atoms with Crippen molar-refractivity contribution in [3.05, 3.63) is 63.5 Å². The summed E-state index contributed by atoms with van der Waals surface area (Å²) in [7, 11) is 0. The number of halogens is 1. The van der Waals surface area contributed by atoms with E-state index in [1.807, 2.05) is 24.3 Å². The summed E-state index contributed by atoms with van der Waals surface area (Å²) in [6, 6.07) is 10.2. The molecule has 0 atom stereocenters. The highest BCUT2D eigenvalue weighted by atomic mass is 32.1. The Labute approximate surface area is 140 Å². The van der Waals surface area contributed by atoms with E-state index in [9.17, 15) is 14.3 Å². The van der Waals surface area contributed by atoms with Gasteiger partial charge in [-0.05, 0) is 22.6 Å². The Bertz CT molecular complexity index is 1130. The largest absolute Gasteiger partial charge is 0.507 e. The molecule has 0 saturated heterocycles. The van der Waals surface area contributed by atoms with Crippen LogP contribution in [0, 0.1) is 5.82 Å². The first-order valence-corrected chi connectivity index (χ1v) is 8.22. The molecule has 0 unspecified atom stereocenters. The van der Waals surface area contributed by atoms with Crippen molar-refractivity contribution in [1.82, 2.24) is 4.98 Å². The number of rotatable bonds is 2. The quantitative estimate of drug-likeness (QED) is 0.520. The van der Waals surface area contributed by atoms with Crippen LogP contribution in [0.15, 0.2) is 46.6 Å². The van der Waals surface area contributed by atoms with Crippen LogP contribution in [0.5, 0.6) is 5.75 Å². The zero-order valence-electron chi connectivity index (χ0n) is 12.5. The maximum absolute atomic E-state index is 14.3. The van der Waals surface area contributed by atoms with Crippen molar-refractivity contribution in [3.8, 4) is 16.9 Å². The third-order valence-electron chi connectivity index (χ3n) is 4.12. The van der Waals surface area contributed by atoms with Gasteiger partial charge >= 0.3 is 0 Å². The number of H-pyrrole nitrogens is 1. The molecule has 0 spiro atoms. The molecule has 4 nitrogen and oxygen atoms in total. The lowest BCUT2D eigenvalue weighted by Crippen LogP contribution is -2.06. The molecule has 4 N–H and O–H groups in total. The average molecular weight is 340 g/mol. The first kappa shape index (κ1) is 14.9. The monoisotopic (exact) mass is 340 g/mol. The molecular weight excluding hydrogens is 327 g/mol. The lowest BCUT2D eigenvalue weighted by atomic mass is 9.96.